The Bertz CT molecular complexity index is 402. The van der Waals surface area contributed by atoms with Crippen molar-refractivity contribution >= 4 is 39.5 Å². The summed E-state index contributed by atoms with van der Waals surface area (Å²) in [4.78, 5) is 0. The van der Waals surface area contributed by atoms with Gasteiger partial charge >= 0.3 is 10.6 Å². The van der Waals surface area contributed by atoms with Crippen molar-refractivity contribution in [2.45, 2.75) is 0 Å². The maximum Gasteiger partial charge on any atom is 0.476 e. The number of benzene rings is 1. The van der Waals surface area contributed by atoms with Crippen molar-refractivity contribution in [3.05, 3.63) is 28.2 Å². The zero-order valence-corrected chi connectivity index (χ0v) is 8.87. The lowest BCUT2D eigenvalue weighted by atomic mass is 10.3. The van der Waals surface area contributed by atoms with Crippen molar-refractivity contribution < 1.29 is 16.2 Å². The average molecular weight is 264 g/mol. The van der Waals surface area contributed by atoms with E-state index in [4.69, 9.17) is 37.4 Å². The number of anilines is 1. The molecule has 14 heavy (non-hydrogen) atoms. The van der Waals surface area contributed by atoms with E-state index >= 15 is 0 Å². The van der Waals surface area contributed by atoms with E-state index in [1.54, 1.807) is 18.2 Å². The minimum atomic E-state index is -5.67. The fourth-order valence-corrected chi connectivity index (χ4v) is 0.813. The minimum Gasteiger partial charge on any atom is -0.397 e. The number of rotatable bonds is 0. The molecule has 0 bridgehead atoms. The third kappa shape index (κ3) is 8.03. The lowest BCUT2D eigenvalue weighted by Crippen LogP contribution is -1.83. The molecule has 0 fully saturated rings. The molecule has 8 heteroatoms. The van der Waals surface area contributed by atoms with Crippen LogP contribution in [-0.4, -0.2) is 8.42 Å². The summed E-state index contributed by atoms with van der Waals surface area (Å²) in [6.07, 6.45) is 0. The van der Waals surface area contributed by atoms with Gasteiger partial charge in [0.25, 0.3) is 0 Å². The van der Waals surface area contributed by atoms with Gasteiger partial charge in [0, 0.05) is 5.02 Å². The fraction of sp³-hybridized carbons (Fsp3) is 0. The highest BCUT2D eigenvalue weighted by molar-refractivity contribution is 7.81. The first kappa shape index (κ1) is 13.4. The number of nitrogens with two attached hydrogens (primary N) is 1. The van der Waals surface area contributed by atoms with E-state index in [0.29, 0.717) is 15.7 Å². The van der Waals surface area contributed by atoms with Crippen molar-refractivity contribution in [3.63, 3.8) is 0 Å². The molecule has 2 N–H and O–H groups in total. The number of nitrogen functional groups attached to an aromatic ring is 1. The summed E-state index contributed by atoms with van der Waals surface area (Å²) in [6, 6.07) is 4.98. The van der Waals surface area contributed by atoms with E-state index in [2.05, 4.69) is 0 Å². The molecule has 0 aliphatic heterocycles. The molecule has 1 aromatic carbocycles. The number of hydrogen-bond donors (Lipinski definition) is 1. The summed E-state index contributed by atoms with van der Waals surface area (Å²) in [5.74, 6) is 0. The molecule has 0 heterocycles. The fourth-order valence-electron chi connectivity index (χ4n) is 0.515. The minimum absolute atomic E-state index is 0.518. The second kappa shape index (κ2) is 5.33. The standard InChI is InChI=1S/C6H5Cl2N.F2O2S/c7-4-1-2-5(8)6(9)3-4;1-5(2,3)4/h1-3H,9H2;. The van der Waals surface area contributed by atoms with E-state index < -0.39 is 10.6 Å². The van der Waals surface area contributed by atoms with Crippen molar-refractivity contribution in [1.29, 1.82) is 0 Å². The Morgan fingerprint density at radius 1 is 1.21 bits per heavy atom. The Morgan fingerprint density at radius 3 is 1.93 bits per heavy atom. The van der Waals surface area contributed by atoms with Crippen molar-refractivity contribution in [2.24, 2.45) is 0 Å². The summed E-state index contributed by atoms with van der Waals surface area (Å²) in [6.45, 7) is 0. The van der Waals surface area contributed by atoms with Crippen LogP contribution in [0, 0.1) is 0 Å². The molecule has 0 saturated carbocycles. The predicted molar refractivity (Wildman–Crippen MR) is 52.0 cm³/mol. The van der Waals surface area contributed by atoms with Crippen LogP contribution in [0.5, 0.6) is 0 Å². The van der Waals surface area contributed by atoms with Gasteiger partial charge in [0.1, 0.15) is 0 Å². The van der Waals surface area contributed by atoms with Crippen LogP contribution in [0.2, 0.25) is 10.0 Å². The Morgan fingerprint density at radius 2 is 1.64 bits per heavy atom. The van der Waals surface area contributed by atoms with Crippen LogP contribution in [0.1, 0.15) is 0 Å². The van der Waals surface area contributed by atoms with E-state index in [9.17, 15) is 7.77 Å². The highest BCUT2D eigenvalue weighted by Gasteiger charge is 1.95. The first-order valence-electron chi connectivity index (χ1n) is 3.05. The number of halogens is 4. The smallest absolute Gasteiger partial charge is 0.397 e. The molecule has 0 amide bonds. The van der Waals surface area contributed by atoms with E-state index in [1.807, 2.05) is 0 Å². The lowest BCUT2D eigenvalue weighted by Gasteiger charge is -1.95. The van der Waals surface area contributed by atoms with Crippen LogP contribution in [0.3, 0.4) is 0 Å². The molecule has 0 aliphatic carbocycles. The summed E-state index contributed by atoms with van der Waals surface area (Å²) in [5.41, 5.74) is 5.92. The Balaban J connectivity index is 0.000000292. The quantitative estimate of drug-likeness (QED) is 0.579. The second-order valence-electron chi connectivity index (χ2n) is 2.04. The van der Waals surface area contributed by atoms with Crippen molar-refractivity contribution in [1.82, 2.24) is 0 Å². The molecule has 3 nitrogen and oxygen atoms in total. The van der Waals surface area contributed by atoms with Gasteiger partial charge in [-0.1, -0.05) is 31.0 Å². The van der Waals surface area contributed by atoms with Gasteiger partial charge in [0.2, 0.25) is 0 Å². The van der Waals surface area contributed by atoms with Crippen molar-refractivity contribution in [2.75, 3.05) is 5.73 Å². The van der Waals surface area contributed by atoms with Crippen LogP contribution in [0.4, 0.5) is 13.5 Å². The second-order valence-corrected chi connectivity index (χ2v) is 3.64. The molecule has 0 aromatic heterocycles. The monoisotopic (exact) mass is 263 g/mol. The first-order chi connectivity index (χ1) is 6.20. The Kier molecular flexibility index (Phi) is 5.11. The van der Waals surface area contributed by atoms with Crippen LogP contribution in [0.25, 0.3) is 0 Å². The molecule has 1 aromatic rings. The predicted octanol–water partition coefficient (Wildman–Crippen LogP) is 2.75. The number of hydrogen-bond acceptors (Lipinski definition) is 3. The van der Waals surface area contributed by atoms with Gasteiger partial charge in [0.05, 0.1) is 10.7 Å². The SMILES string of the molecule is Nc1cc(Cl)ccc1Cl.O=S(=O)(F)F. The van der Waals surface area contributed by atoms with Gasteiger partial charge in [-0.2, -0.15) is 8.42 Å². The highest BCUT2D eigenvalue weighted by Crippen LogP contribution is 2.21. The third-order valence-corrected chi connectivity index (χ3v) is 1.54. The Labute approximate surface area is 89.9 Å². The molecule has 0 spiro atoms. The summed E-state index contributed by atoms with van der Waals surface area (Å²) in [5, 5.41) is 1.15. The summed E-state index contributed by atoms with van der Waals surface area (Å²) >= 11 is 11.2. The maximum absolute atomic E-state index is 9.99. The molecule has 0 radical (unpaired) electrons. The first-order valence-corrected chi connectivity index (χ1v) is 5.09. The largest absolute Gasteiger partial charge is 0.476 e. The highest BCUT2D eigenvalue weighted by atomic mass is 35.5. The van der Waals surface area contributed by atoms with Crippen LogP contribution in [-0.2, 0) is 10.6 Å². The topological polar surface area (TPSA) is 60.2 Å². The zero-order chi connectivity index (χ0) is 11.4. The zero-order valence-electron chi connectivity index (χ0n) is 6.55. The van der Waals surface area contributed by atoms with Crippen LogP contribution in [0.15, 0.2) is 18.2 Å². The molecule has 0 unspecified atom stereocenters. The molecule has 1 rings (SSSR count). The maximum atomic E-state index is 9.99. The molecular formula is C6H5Cl2F2NO2S. The molecule has 0 atom stereocenters. The molecule has 80 valence electrons. The van der Waals surface area contributed by atoms with Gasteiger partial charge in [-0.15, -0.1) is 0 Å². The van der Waals surface area contributed by atoms with Gasteiger partial charge < -0.3 is 5.73 Å². The van der Waals surface area contributed by atoms with Gasteiger partial charge in [0.15, 0.2) is 0 Å². The van der Waals surface area contributed by atoms with E-state index in [0.717, 1.165) is 0 Å². The van der Waals surface area contributed by atoms with Gasteiger partial charge in [-0.25, -0.2) is 0 Å². The molecule has 0 saturated heterocycles. The average Bonchev–Trinajstić information content (AvgIpc) is 1.94. The third-order valence-electron chi connectivity index (χ3n) is 0.958. The van der Waals surface area contributed by atoms with Crippen molar-refractivity contribution in [3.8, 4) is 0 Å². The van der Waals surface area contributed by atoms with Crippen LogP contribution < -0.4 is 5.73 Å². The van der Waals surface area contributed by atoms with Crippen LogP contribution >= 0.6 is 23.2 Å². The molecule has 0 aliphatic rings. The Hall–Kier alpha value is -0.590. The van der Waals surface area contributed by atoms with Gasteiger partial charge in [-0.3, -0.25) is 0 Å². The van der Waals surface area contributed by atoms with E-state index in [-0.39, 0.29) is 0 Å². The normalized spacial score (nSPS) is 10.3. The van der Waals surface area contributed by atoms with E-state index in [1.165, 1.54) is 0 Å². The lowest BCUT2D eigenvalue weighted by molar-refractivity contribution is 0.501. The van der Waals surface area contributed by atoms with Gasteiger partial charge in [-0.05, 0) is 18.2 Å². The molecular weight excluding hydrogens is 259 g/mol. The summed E-state index contributed by atoms with van der Waals surface area (Å²) in [7, 11) is -5.67. The summed E-state index contributed by atoms with van der Waals surface area (Å²) < 4.78 is 36.6.